The molecule has 23 heavy (non-hydrogen) atoms. The summed E-state index contributed by atoms with van der Waals surface area (Å²) in [5.74, 6) is 0.549. The van der Waals surface area contributed by atoms with Gasteiger partial charge in [0, 0.05) is 35.3 Å². The second-order valence-corrected chi connectivity index (χ2v) is 8.44. The minimum absolute atomic E-state index is 0.157. The second kappa shape index (κ2) is 7.32. The molecule has 1 amide bonds. The largest absolute Gasteiger partial charge is 0.372 e. The summed E-state index contributed by atoms with van der Waals surface area (Å²) in [7, 11) is 0. The number of carbonyl (C=O) groups excluding carboxylic acids is 1. The van der Waals surface area contributed by atoms with E-state index in [0.717, 1.165) is 45.6 Å². The van der Waals surface area contributed by atoms with Crippen LogP contribution in [0.3, 0.4) is 0 Å². The summed E-state index contributed by atoms with van der Waals surface area (Å²) in [5.41, 5.74) is 0. The van der Waals surface area contributed by atoms with E-state index < -0.39 is 0 Å². The molecule has 4 nitrogen and oxygen atoms in total. The Kier molecular flexibility index (Phi) is 5.39. The van der Waals surface area contributed by atoms with Gasteiger partial charge >= 0.3 is 0 Å². The van der Waals surface area contributed by atoms with Crippen LogP contribution in [0.4, 0.5) is 0 Å². The molecule has 0 spiro atoms. The summed E-state index contributed by atoms with van der Waals surface area (Å²) in [6.45, 7) is 10.9. The van der Waals surface area contributed by atoms with Crippen molar-refractivity contribution in [1.29, 1.82) is 0 Å². The molecule has 0 saturated carbocycles. The molecule has 2 aliphatic rings. The van der Waals surface area contributed by atoms with Crippen molar-refractivity contribution in [2.75, 3.05) is 26.2 Å². The number of rotatable bonds is 3. The standard InChI is InChI=1S/C18H28N2O2S/c1-13-10-20(11-14(2)22-13)18(21)16-6-8-19(9-7-16)12-17-5-4-15(3)23-17/h4-5,13-14,16H,6-12H2,1-3H3/t13-,14-/m1/s1. The van der Waals surface area contributed by atoms with Gasteiger partial charge in [-0.1, -0.05) is 0 Å². The van der Waals surface area contributed by atoms with E-state index in [4.69, 9.17) is 4.74 Å². The highest BCUT2D eigenvalue weighted by Crippen LogP contribution is 2.24. The van der Waals surface area contributed by atoms with Gasteiger partial charge in [-0.25, -0.2) is 0 Å². The van der Waals surface area contributed by atoms with Gasteiger partial charge in [0.2, 0.25) is 5.91 Å². The molecule has 0 N–H and O–H groups in total. The first-order valence-electron chi connectivity index (χ1n) is 8.73. The molecule has 0 bridgehead atoms. The summed E-state index contributed by atoms with van der Waals surface area (Å²) in [6, 6.07) is 4.42. The van der Waals surface area contributed by atoms with Crippen LogP contribution in [0.15, 0.2) is 12.1 Å². The Morgan fingerprint density at radius 1 is 1.22 bits per heavy atom. The average Bonchev–Trinajstić information content (AvgIpc) is 2.91. The van der Waals surface area contributed by atoms with Crippen molar-refractivity contribution in [3.8, 4) is 0 Å². The van der Waals surface area contributed by atoms with Gasteiger partial charge in [-0.2, -0.15) is 0 Å². The van der Waals surface area contributed by atoms with Gasteiger partial charge in [0.15, 0.2) is 0 Å². The first-order chi connectivity index (χ1) is 11.0. The van der Waals surface area contributed by atoms with Gasteiger partial charge < -0.3 is 9.64 Å². The van der Waals surface area contributed by atoms with E-state index >= 15 is 0 Å². The predicted molar refractivity (Wildman–Crippen MR) is 93.6 cm³/mol. The van der Waals surface area contributed by atoms with E-state index in [2.05, 4.69) is 37.8 Å². The van der Waals surface area contributed by atoms with Crippen LogP contribution in [0.5, 0.6) is 0 Å². The maximum Gasteiger partial charge on any atom is 0.225 e. The molecule has 1 aromatic rings. The number of hydrogen-bond donors (Lipinski definition) is 0. The first kappa shape index (κ1) is 16.9. The quantitative estimate of drug-likeness (QED) is 0.851. The molecule has 3 rings (SSSR count). The smallest absolute Gasteiger partial charge is 0.225 e. The number of carbonyl (C=O) groups is 1. The number of morpholine rings is 1. The molecule has 3 heterocycles. The van der Waals surface area contributed by atoms with Crippen molar-refractivity contribution in [2.45, 2.75) is 52.4 Å². The third kappa shape index (κ3) is 4.34. The van der Waals surface area contributed by atoms with Crippen LogP contribution in [0.25, 0.3) is 0 Å². The lowest BCUT2D eigenvalue weighted by Crippen LogP contribution is -2.51. The van der Waals surface area contributed by atoms with Gasteiger partial charge in [-0.3, -0.25) is 9.69 Å². The lowest BCUT2D eigenvalue weighted by Gasteiger charge is -2.39. The molecule has 2 fully saturated rings. The minimum atomic E-state index is 0.157. The second-order valence-electron chi connectivity index (χ2n) is 7.06. The highest BCUT2D eigenvalue weighted by atomic mass is 32.1. The third-order valence-corrected chi connectivity index (χ3v) is 5.83. The Morgan fingerprint density at radius 3 is 2.43 bits per heavy atom. The molecule has 0 aromatic carbocycles. The zero-order valence-electron chi connectivity index (χ0n) is 14.5. The molecule has 2 aliphatic heterocycles. The Morgan fingerprint density at radius 2 is 1.87 bits per heavy atom. The summed E-state index contributed by atoms with van der Waals surface area (Å²) in [5, 5.41) is 0. The normalized spacial score (nSPS) is 27.3. The Hall–Kier alpha value is -0.910. The number of aryl methyl sites for hydroxylation is 1. The van der Waals surface area contributed by atoms with Crippen LogP contribution >= 0.6 is 11.3 Å². The average molecular weight is 337 g/mol. The Balaban J connectivity index is 1.49. The maximum atomic E-state index is 12.8. The topological polar surface area (TPSA) is 32.8 Å². The van der Waals surface area contributed by atoms with E-state index in [1.807, 2.05) is 16.2 Å². The first-order valence-corrected chi connectivity index (χ1v) is 9.55. The van der Waals surface area contributed by atoms with Crippen molar-refractivity contribution in [2.24, 2.45) is 5.92 Å². The van der Waals surface area contributed by atoms with E-state index in [9.17, 15) is 4.79 Å². The lowest BCUT2D eigenvalue weighted by atomic mass is 9.94. The summed E-state index contributed by atoms with van der Waals surface area (Å²) >= 11 is 1.88. The number of nitrogens with zero attached hydrogens (tertiary/aromatic N) is 2. The highest BCUT2D eigenvalue weighted by Gasteiger charge is 2.32. The van der Waals surface area contributed by atoms with Crippen LogP contribution in [0.1, 0.15) is 36.4 Å². The zero-order valence-corrected chi connectivity index (χ0v) is 15.3. The van der Waals surface area contributed by atoms with Crippen LogP contribution in [0, 0.1) is 12.8 Å². The van der Waals surface area contributed by atoms with Gasteiger partial charge in [-0.05, 0) is 58.8 Å². The van der Waals surface area contributed by atoms with Crippen LogP contribution < -0.4 is 0 Å². The maximum absolute atomic E-state index is 12.8. The van der Waals surface area contributed by atoms with E-state index in [1.165, 1.54) is 9.75 Å². The molecule has 2 saturated heterocycles. The van der Waals surface area contributed by atoms with Crippen molar-refractivity contribution < 1.29 is 9.53 Å². The zero-order chi connectivity index (χ0) is 16.4. The number of piperidine rings is 1. The van der Waals surface area contributed by atoms with Crippen LogP contribution in [-0.4, -0.2) is 54.1 Å². The number of ether oxygens (including phenoxy) is 1. The van der Waals surface area contributed by atoms with Crippen LogP contribution in [-0.2, 0) is 16.1 Å². The van der Waals surface area contributed by atoms with Crippen molar-refractivity contribution in [3.05, 3.63) is 21.9 Å². The molecule has 2 atom stereocenters. The fourth-order valence-electron chi connectivity index (χ4n) is 3.74. The fourth-order valence-corrected chi connectivity index (χ4v) is 4.68. The number of hydrogen-bond acceptors (Lipinski definition) is 4. The number of likely N-dealkylation sites (tertiary alicyclic amines) is 1. The molecule has 0 unspecified atom stereocenters. The fraction of sp³-hybridized carbons (Fsp3) is 0.722. The number of thiophene rings is 1. The van der Waals surface area contributed by atoms with Crippen LogP contribution in [0.2, 0.25) is 0 Å². The molecular formula is C18H28N2O2S. The summed E-state index contributed by atoms with van der Waals surface area (Å²) in [6.07, 6.45) is 2.29. The van der Waals surface area contributed by atoms with E-state index in [0.29, 0.717) is 5.91 Å². The Labute approximate surface area is 143 Å². The summed E-state index contributed by atoms with van der Waals surface area (Å²) in [4.78, 5) is 20.1. The van der Waals surface area contributed by atoms with Gasteiger partial charge in [0.05, 0.1) is 12.2 Å². The molecule has 5 heteroatoms. The molecule has 0 radical (unpaired) electrons. The lowest BCUT2D eigenvalue weighted by molar-refractivity contribution is -0.148. The van der Waals surface area contributed by atoms with E-state index in [-0.39, 0.29) is 18.1 Å². The molecular weight excluding hydrogens is 308 g/mol. The number of amides is 1. The van der Waals surface area contributed by atoms with Gasteiger partial charge in [0.25, 0.3) is 0 Å². The van der Waals surface area contributed by atoms with Crippen molar-refractivity contribution in [1.82, 2.24) is 9.80 Å². The predicted octanol–water partition coefficient (Wildman–Crippen LogP) is 2.90. The van der Waals surface area contributed by atoms with E-state index in [1.54, 1.807) is 0 Å². The van der Waals surface area contributed by atoms with Crippen molar-refractivity contribution >= 4 is 17.2 Å². The molecule has 0 aliphatic carbocycles. The SMILES string of the molecule is Cc1ccc(CN2CCC(C(=O)N3C[C@@H](C)O[C@H](C)C3)CC2)s1. The minimum Gasteiger partial charge on any atom is -0.372 e. The third-order valence-electron chi connectivity index (χ3n) is 4.84. The van der Waals surface area contributed by atoms with Crippen molar-refractivity contribution in [3.63, 3.8) is 0 Å². The van der Waals surface area contributed by atoms with Gasteiger partial charge in [0.1, 0.15) is 0 Å². The molecule has 1 aromatic heterocycles. The monoisotopic (exact) mass is 336 g/mol. The van der Waals surface area contributed by atoms with Gasteiger partial charge in [-0.15, -0.1) is 11.3 Å². The highest BCUT2D eigenvalue weighted by molar-refractivity contribution is 7.11. The Bertz CT molecular complexity index is 527. The molecule has 128 valence electrons. The summed E-state index contributed by atoms with van der Waals surface area (Å²) < 4.78 is 5.74.